The van der Waals surface area contributed by atoms with Crippen LogP contribution in [0.1, 0.15) is 62.3 Å². The fraction of sp³-hybridized carbons (Fsp3) is 0.600. The summed E-state index contributed by atoms with van der Waals surface area (Å²) in [5.74, 6) is -0.817. The molecule has 0 heterocycles. The third-order valence-corrected chi connectivity index (χ3v) is 5.84. The normalized spacial score (nSPS) is 13.6. The van der Waals surface area contributed by atoms with Gasteiger partial charge in [0.1, 0.15) is 4.90 Å². The van der Waals surface area contributed by atoms with Crippen LogP contribution < -0.4 is 0 Å². The second-order valence-corrected chi connectivity index (χ2v) is 9.22. The molecule has 0 aromatic heterocycles. The zero-order valence-electron chi connectivity index (χ0n) is 17.3. The Balaban J connectivity index is 0.00000784. The number of rotatable bonds is 9. The van der Waals surface area contributed by atoms with E-state index >= 15 is 0 Å². The summed E-state index contributed by atoms with van der Waals surface area (Å²) in [5, 5.41) is 0. The molecule has 2 atom stereocenters. The molecule has 0 spiro atoms. The Bertz CT molecular complexity index is 803. The van der Waals surface area contributed by atoms with Crippen LogP contribution in [0.2, 0.25) is 0 Å². The molecule has 1 aromatic rings. The van der Waals surface area contributed by atoms with E-state index in [0.29, 0.717) is 5.92 Å². The van der Waals surface area contributed by atoms with Crippen LogP contribution >= 0.6 is 0 Å². The predicted octanol–water partition coefficient (Wildman–Crippen LogP) is 3.18. The SMILES string of the molecule is CC(C)C(C)COC(=O)c1ccc(C(=O)OCC(C)C(C)C)c(S(=O)(=O)O)c1.[KH]. The molecule has 0 radical (unpaired) electrons. The van der Waals surface area contributed by atoms with Crippen LogP contribution in [-0.4, -0.2) is 89.5 Å². The first-order valence-electron chi connectivity index (χ1n) is 9.30. The van der Waals surface area contributed by atoms with Crippen LogP contribution in [0.25, 0.3) is 0 Å². The average molecular weight is 455 g/mol. The number of carbonyl (C=O) groups is 2. The standard InChI is InChI=1S/C20H30O7S.K.H/c1-12(2)14(5)10-26-19(21)16-7-8-17(18(9-16)28(23,24)25)20(22)27-11-15(6)13(3)4;;/h7-9,12-15H,10-11H2,1-6H3,(H,23,24,25);;. The summed E-state index contributed by atoms with van der Waals surface area (Å²) in [5.41, 5.74) is -0.402. The van der Waals surface area contributed by atoms with Crippen molar-refractivity contribution in [3.05, 3.63) is 29.3 Å². The van der Waals surface area contributed by atoms with Gasteiger partial charge in [0.15, 0.2) is 0 Å². The van der Waals surface area contributed by atoms with Crippen LogP contribution in [-0.2, 0) is 19.6 Å². The maximum atomic E-state index is 12.3. The van der Waals surface area contributed by atoms with Crippen molar-refractivity contribution < 1.29 is 32.0 Å². The number of carbonyl (C=O) groups excluding carboxylic acids is 2. The molecule has 0 aliphatic rings. The van der Waals surface area contributed by atoms with Crippen molar-refractivity contribution in [1.82, 2.24) is 0 Å². The summed E-state index contributed by atoms with van der Waals surface area (Å²) in [6, 6.07) is 3.35. The van der Waals surface area contributed by atoms with E-state index in [2.05, 4.69) is 0 Å². The third kappa shape index (κ3) is 9.16. The van der Waals surface area contributed by atoms with Crippen LogP contribution in [0.15, 0.2) is 23.1 Å². The molecule has 160 valence electrons. The zero-order chi connectivity index (χ0) is 21.6. The first kappa shape index (κ1) is 28.7. The van der Waals surface area contributed by atoms with Gasteiger partial charge in [-0.25, -0.2) is 9.59 Å². The molecule has 9 heteroatoms. The molecular weight excluding hydrogens is 423 g/mol. The van der Waals surface area contributed by atoms with E-state index in [1.807, 2.05) is 41.5 Å². The summed E-state index contributed by atoms with van der Waals surface area (Å²) in [4.78, 5) is 23.8. The van der Waals surface area contributed by atoms with Crippen molar-refractivity contribution in [3.63, 3.8) is 0 Å². The number of hydrogen-bond acceptors (Lipinski definition) is 6. The molecule has 1 rings (SSSR count). The Labute approximate surface area is 216 Å². The molecule has 0 aliphatic heterocycles. The van der Waals surface area contributed by atoms with Gasteiger partial charge in [-0.2, -0.15) is 8.42 Å². The van der Waals surface area contributed by atoms with Gasteiger partial charge in [0, 0.05) is 0 Å². The monoisotopic (exact) mass is 454 g/mol. The van der Waals surface area contributed by atoms with E-state index in [-0.39, 0.29) is 93.5 Å². The molecular formula is C20H31KO7S. The van der Waals surface area contributed by atoms with Gasteiger partial charge in [0.05, 0.1) is 24.3 Å². The van der Waals surface area contributed by atoms with Crippen LogP contribution in [0.5, 0.6) is 0 Å². The van der Waals surface area contributed by atoms with Gasteiger partial charge in [-0.3, -0.25) is 4.55 Å². The number of ether oxygens (including phenoxy) is 2. The Morgan fingerprint density at radius 3 is 1.76 bits per heavy atom. The minimum atomic E-state index is -4.74. The molecule has 0 aliphatic carbocycles. The second-order valence-electron chi connectivity index (χ2n) is 7.83. The molecule has 1 N–H and O–H groups in total. The first-order chi connectivity index (χ1) is 12.8. The second kappa shape index (κ2) is 12.5. The van der Waals surface area contributed by atoms with Gasteiger partial charge in [0.25, 0.3) is 10.1 Å². The van der Waals surface area contributed by atoms with Crippen molar-refractivity contribution in [3.8, 4) is 0 Å². The Morgan fingerprint density at radius 1 is 0.897 bits per heavy atom. The van der Waals surface area contributed by atoms with E-state index in [9.17, 15) is 22.6 Å². The van der Waals surface area contributed by atoms with Crippen molar-refractivity contribution in [2.45, 2.75) is 46.4 Å². The van der Waals surface area contributed by atoms with Gasteiger partial charge in [-0.05, 0) is 41.9 Å². The van der Waals surface area contributed by atoms with E-state index in [1.54, 1.807) is 0 Å². The van der Waals surface area contributed by atoms with Crippen molar-refractivity contribution in [2.75, 3.05) is 13.2 Å². The summed E-state index contributed by atoms with van der Waals surface area (Å²) in [7, 11) is -4.74. The van der Waals surface area contributed by atoms with Crippen molar-refractivity contribution >= 4 is 73.4 Å². The van der Waals surface area contributed by atoms with Gasteiger partial charge < -0.3 is 9.47 Å². The summed E-state index contributed by atoms with van der Waals surface area (Å²) in [6.45, 7) is 12.1. The van der Waals surface area contributed by atoms with Crippen molar-refractivity contribution in [2.24, 2.45) is 23.7 Å². The van der Waals surface area contributed by atoms with Crippen molar-refractivity contribution in [1.29, 1.82) is 0 Å². The first-order valence-corrected chi connectivity index (χ1v) is 10.7. The number of esters is 2. The molecule has 0 amide bonds. The fourth-order valence-corrected chi connectivity index (χ4v) is 2.70. The van der Waals surface area contributed by atoms with Gasteiger partial charge >= 0.3 is 63.3 Å². The summed E-state index contributed by atoms with van der Waals surface area (Å²) >= 11 is 0. The van der Waals surface area contributed by atoms with E-state index in [4.69, 9.17) is 9.47 Å². The fourth-order valence-electron chi connectivity index (χ4n) is 1.99. The van der Waals surface area contributed by atoms with Gasteiger partial charge in [-0.1, -0.05) is 41.5 Å². The van der Waals surface area contributed by atoms with E-state index in [0.717, 1.165) is 12.1 Å². The van der Waals surface area contributed by atoms with Gasteiger partial charge in [-0.15, -0.1) is 0 Å². The molecule has 0 bridgehead atoms. The molecule has 2 unspecified atom stereocenters. The molecule has 0 saturated heterocycles. The third-order valence-electron chi connectivity index (χ3n) is 4.95. The maximum absolute atomic E-state index is 12.3. The summed E-state index contributed by atoms with van der Waals surface area (Å²) < 4.78 is 43.3. The Morgan fingerprint density at radius 2 is 1.34 bits per heavy atom. The van der Waals surface area contributed by atoms with Crippen LogP contribution in [0, 0.1) is 23.7 Å². The number of hydrogen-bond donors (Lipinski definition) is 1. The predicted molar refractivity (Wildman–Crippen MR) is 112 cm³/mol. The van der Waals surface area contributed by atoms with E-state index < -0.39 is 27.0 Å². The number of benzene rings is 1. The molecule has 0 fully saturated rings. The Kier molecular flexibility index (Phi) is 12.4. The minimum absolute atomic E-state index is 0. The van der Waals surface area contributed by atoms with E-state index in [1.165, 1.54) is 6.07 Å². The molecule has 7 nitrogen and oxygen atoms in total. The Hall–Kier alpha value is -0.294. The average Bonchev–Trinajstić information content (AvgIpc) is 2.61. The summed E-state index contributed by atoms with van der Waals surface area (Å²) in [6.07, 6.45) is 0. The van der Waals surface area contributed by atoms with Gasteiger partial charge in [0.2, 0.25) is 0 Å². The molecule has 1 aromatic carbocycles. The topological polar surface area (TPSA) is 107 Å². The quantitative estimate of drug-likeness (QED) is 0.347. The molecule has 29 heavy (non-hydrogen) atoms. The van der Waals surface area contributed by atoms with Crippen LogP contribution in [0.4, 0.5) is 0 Å². The molecule has 0 saturated carbocycles. The zero-order valence-corrected chi connectivity index (χ0v) is 18.1. The van der Waals surface area contributed by atoms with Crippen LogP contribution in [0.3, 0.4) is 0 Å².